The molecule has 1 aromatic carbocycles. The Hall–Kier alpha value is -1.39. The first-order chi connectivity index (χ1) is 7.50. The third-order valence-corrected chi connectivity index (χ3v) is 2.15. The molecule has 0 atom stereocenters. The van der Waals surface area contributed by atoms with Crippen LogP contribution in [0.5, 0.6) is 0 Å². The first-order valence-electron chi connectivity index (χ1n) is 4.29. The average Bonchev–Trinajstić information content (AvgIpc) is 2.26. The van der Waals surface area contributed by atoms with Crippen molar-refractivity contribution >= 4 is 34.7 Å². The quantitative estimate of drug-likeness (QED) is 0.473. The van der Waals surface area contributed by atoms with Gasteiger partial charge in [-0.15, -0.1) is 0 Å². The zero-order valence-electron chi connectivity index (χ0n) is 8.02. The summed E-state index contributed by atoms with van der Waals surface area (Å²) < 4.78 is 0.0234. The van der Waals surface area contributed by atoms with Gasteiger partial charge in [-0.3, -0.25) is 14.9 Å². The monoisotopic (exact) mass is 259 g/mol. The van der Waals surface area contributed by atoms with Crippen molar-refractivity contribution < 1.29 is 9.72 Å². The second-order valence-electron chi connectivity index (χ2n) is 2.93. The fourth-order valence-electron chi connectivity index (χ4n) is 1.06. The van der Waals surface area contributed by atoms with E-state index in [4.69, 9.17) is 23.2 Å². The van der Waals surface area contributed by atoms with Crippen molar-refractivity contribution in [3.05, 3.63) is 50.5 Å². The second kappa shape index (κ2) is 5.63. The Balaban J connectivity index is 2.78. The minimum atomic E-state index is -0.524. The number of ketones is 1. The van der Waals surface area contributed by atoms with Gasteiger partial charge in [0.25, 0.3) is 5.69 Å². The van der Waals surface area contributed by atoms with Crippen molar-refractivity contribution in [1.82, 2.24) is 0 Å². The lowest BCUT2D eigenvalue weighted by molar-refractivity contribution is -0.384. The molecule has 0 aliphatic rings. The number of allylic oxidation sites excluding steroid dienone is 1. The maximum atomic E-state index is 11.5. The summed E-state index contributed by atoms with van der Waals surface area (Å²) in [6.07, 6.45) is 1.44. The van der Waals surface area contributed by atoms with Crippen molar-refractivity contribution in [2.24, 2.45) is 0 Å². The summed E-state index contributed by atoms with van der Waals surface area (Å²) in [5, 5.41) is 10.4. The maximum absolute atomic E-state index is 11.5. The van der Waals surface area contributed by atoms with Gasteiger partial charge in [0, 0.05) is 24.1 Å². The molecule has 6 heteroatoms. The molecule has 1 rings (SSSR count). The van der Waals surface area contributed by atoms with Crippen LogP contribution in [-0.2, 0) is 0 Å². The molecule has 0 amide bonds. The highest BCUT2D eigenvalue weighted by molar-refractivity contribution is 6.55. The van der Waals surface area contributed by atoms with E-state index in [9.17, 15) is 14.9 Å². The van der Waals surface area contributed by atoms with Crippen molar-refractivity contribution in [3.63, 3.8) is 0 Å². The number of carbonyl (C=O) groups is 1. The van der Waals surface area contributed by atoms with Gasteiger partial charge in [-0.2, -0.15) is 0 Å². The highest BCUT2D eigenvalue weighted by Gasteiger charge is 2.08. The Labute approximate surface area is 102 Å². The zero-order valence-corrected chi connectivity index (χ0v) is 9.53. The standard InChI is InChI=1S/C10H7Cl2NO3/c11-10(12)6-5-9(14)7-1-3-8(4-2-7)13(15)16/h1-4,6H,5H2. The summed E-state index contributed by atoms with van der Waals surface area (Å²) in [4.78, 5) is 21.3. The first-order valence-corrected chi connectivity index (χ1v) is 5.05. The van der Waals surface area contributed by atoms with E-state index < -0.39 is 4.92 Å². The van der Waals surface area contributed by atoms with E-state index in [0.29, 0.717) is 5.56 Å². The van der Waals surface area contributed by atoms with Gasteiger partial charge in [-0.1, -0.05) is 23.2 Å². The topological polar surface area (TPSA) is 60.2 Å². The number of hydrogen-bond donors (Lipinski definition) is 0. The molecule has 0 saturated carbocycles. The smallest absolute Gasteiger partial charge is 0.269 e. The molecule has 4 nitrogen and oxygen atoms in total. The number of nitrogens with zero attached hydrogens (tertiary/aromatic N) is 1. The Bertz CT molecular complexity index is 436. The summed E-state index contributed by atoms with van der Waals surface area (Å²) in [5.74, 6) is -0.200. The van der Waals surface area contributed by atoms with Crippen molar-refractivity contribution in [2.75, 3.05) is 0 Å². The zero-order chi connectivity index (χ0) is 12.1. The van der Waals surface area contributed by atoms with Gasteiger partial charge in [0.2, 0.25) is 0 Å². The lowest BCUT2D eigenvalue weighted by Gasteiger charge is -1.97. The summed E-state index contributed by atoms with van der Waals surface area (Å²) in [5.41, 5.74) is 0.332. The average molecular weight is 260 g/mol. The highest BCUT2D eigenvalue weighted by atomic mass is 35.5. The van der Waals surface area contributed by atoms with Crippen molar-refractivity contribution in [3.8, 4) is 0 Å². The Morgan fingerprint density at radius 1 is 1.31 bits per heavy atom. The summed E-state index contributed by atoms with van der Waals surface area (Å²) in [6.45, 7) is 0. The largest absolute Gasteiger partial charge is 0.294 e. The molecule has 0 radical (unpaired) electrons. The van der Waals surface area contributed by atoms with Gasteiger partial charge in [0.05, 0.1) is 4.92 Å². The van der Waals surface area contributed by atoms with Crippen LogP contribution in [0.4, 0.5) is 5.69 Å². The molecule has 1 aromatic rings. The normalized spacial score (nSPS) is 9.62. The maximum Gasteiger partial charge on any atom is 0.269 e. The van der Waals surface area contributed by atoms with E-state index >= 15 is 0 Å². The molecule has 16 heavy (non-hydrogen) atoms. The minimum Gasteiger partial charge on any atom is -0.294 e. The molecule has 84 valence electrons. The van der Waals surface area contributed by atoms with Gasteiger partial charge >= 0.3 is 0 Å². The molecular formula is C10H7Cl2NO3. The Kier molecular flexibility index (Phi) is 4.46. The molecule has 0 aromatic heterocycles. The molecule has 0 aliphatic carbocycles. The van der Waals surface area contributed by atoms with Crippen LogP contribution in [0, 0.1) is 10.1 Å². The van der Waals surface area contributed by atoms with Crippen molar-refractivity contribution in [2.45, 2.75) is 6.42 Å². The van der Waals surface area contributed by atoms with E-state index in [-0.39, 0.29) is 22.4 Å². The Morgan fingerprint density at radius 2 is 1.88 bits per heavy atom. The molecule has 0 N–H and O–H groups in total. The van der Waals surface area contributed by atoms with Gasteiger partial charge in [-0.05, 0) is 18.2 Å². The van der Waals surface area contributed by atoms with E-state index in [2.05, 4.69) is 0 Å². The van der Waals surface area contributed by atoms with Gasteiger partial charge in [0.15, 0.2) is 5.78 Å². The highest BCUT2D eigenvalue weighted by Crippen LogP contribution is 2.14. The number of hydrogen-bond acceptors (Lipinski definition) is 3. The van der Waals surface area contributed by atoms with Crippen LogP contribution < -0.4 is 0 Å². The van der Waals surface area contributed by atoms with Crippen LogP contribution in [0.2, 0.25) is 0 Å². The summed E-state index contributed by atoms with van der Waals surface area (Å²) in [6, 6.07) is 5.35. The summed E-state index contributed by atoms with van der Waals surface area (Å²) in [7, 11) is 0. The molecule has 0 bridgehead atoms. The third kappa shape index (κ3) is 3.64. The lowest BCUT2D eigenvalue weighted by Crippen LogP contribution is -1.97. The number of carbonyl (C=O) groups excluding carboxylic acids is 1. The van der Waals surface area contributed by atoms with E-state index in [1.54, 1.807) is 0 Å². The van der Waals surface area contributed by atoms with Crippen LogP contribution >= 0.6 is 23.2 Å². The number of non-ortho nitro benzene ring substituents is 1. The van der Waals surface area contributed by atoms with E-state index in [1.807, 2.05) is 0 Å². The molecule has 0 fully saturated rings. The number of rotatable bonds is 4. The SMILES string of the molecule is O=C(CC=C(Cl)Cl)c1ccc([N+](=O)[O-])cc1. The fourth-order valence-corrected chi connectivity index (χ4v) is 1.21. The lowest BCUT2D eigenvalue weighted by atomic mass is 10.1. The first kappa shape index (κ1) is 12.7. The molecule has 0 saturated heterocycles. The predicted molar refractivity (Wildman–Crippen MR) is 61.8 cm³/mol. The van der Waals surface area contributed by atoms with Crippen LogP contribution in [0.25, 0.3) is 0 Å². The Morgan fingerprint density at radius 3 is 2.31 bits per heavy atom. The number of nitro groups is 1. The van der Waals surface area contributed by atoms with Gasteiger partial charge in [0.1, 0.15) is 4.49 Å². The van der Waals surface area contributed by atoms with E-state index in [1.165, 1.54) is 30.3 Å². The molecule has 0 unspecified atom stereocenters. The number of benzene rings is 1. The minimum absolute atomic E-state index is 0.0234. The van der Waals surface area contributed by atoms with E-state index in [0.717, 1.165) is 0 Å². The predicted octanol–water partition coefficient (Wildman–Crippen LogP) is 3.49. The number of nitro benzene ring substituents is 1. The van der Waals surface area contributed by atoms with Crippen LogP contribution in [0.3, 0.4) is 0 Å². The fraction of sp³-hybridized carbons (Fsp3) is 0.100. The number of Topliss-reactive ketones (excluding diaryl/α,β-unsaturated/α-hetero) is 1. The third-order valence-electron chi connectivity index (χ3n) is 1.84. The summed E-state index contributed by atoms with van der Waals surface area (Å²) >= 11 is 10.7. The van der Waals surface area contributed by atoms with Crippen LogP contribution in [0.1, 0.15) is 16.8 Å². The number of halogens is 2. The second-order valence-corrected chi connectivity index (χ2v) is 3.93. The molecular weight excluding hydrogens is 253 g/mol. The van der Waals surface area contributed by atoms with Crippen LogP contribution in [-0.4, -0.2) is 10.7 Å². The molecule has 0 spiro atoms. The van der Waals surface area contributed by atoms with Crippen LogP contribution in [0.15, 0.2) is 34.8 Å². The molecule has 0 aliphatic heterocycles. The van der Waals surface area contributed by atoms with Crippen molar-refractivity contribution in [1.29, 1.82) is 0 Å². The van der Waals surface area contributed by atoms with Gasteiger partial charge < -0.3 is 0 Å². The molecule has 0 heterocycles. The van der Waals surface area contributed by atoms with Gasteiger partial charge in [-0.25, -0.2) is 0 Å².